The van der Waals surface area contributed by atoms with E-state index in [1.165, 1.54) is 0 Å². The molecule has 0 saturated heterocycles. The Balaban J connectivity index is 0.000000709. The molecule has 0 amide bonds. The van der Waals surface area contributed by atoms with Crippen LogP contribution in [0.2, 0.25) is 0 Å². The van der Waals surface area contributed by atoms with E-state index >= 15 is 0 Å². The first-order chi connectivity index (χ1) is 10.5. The first-order valence-corrected chi connectivity index (χ1v) is 6.38. The number of carbonyl (C=O) groups is 2. The topological polar surface area (TPSA) is 77.4 Å². The van der Waals surface area contributed by atoms with Crippen LogP contribution in [0, 0.1) is 0 Å². The van der Waals surface area contributed by atoms with Crippen LogP contribution in [0.5, 0.6) is 0 Å². The van der Waals surface area contributed by atoms with Gasteiger partial charge in [0.05, 0.1) is 5.97 Å². The fraction of sp³-hybridized carbons (Fsp3) is 0. The second-order valence-electron chi connectivity index (χ2n) is 4.19. The van der Waals surface area contributed by atoms with Crippen molar-refractivity contribution in [2.24, 2.45) is 0 Å². The van der Waals surface area contributed by atoms with Crippen LogP contribution in [0.1, 0.15) is 11.1 Å². The maximum atomic E-state index is 10.6. The molecule has 5 heteroatoms. The summed E-state index contributed by atoms with van der Waals surface area (Å²) in [5, 5.41) is 20.0. The Bertz CT molecular complexity index is 748. The first-order valence-electron chi connectivity index (χ1n) is 6.38. The first kappa shape index (κ1) is 21.5. The maximum absolute atomic E-state index is 10.6. The van der Waals surface area contributed by atoms with Gasteiger partial charge in [0.2, 0.25) is 0 Å². The number of fused-ring (bicyclic) bond motifs is 1. The minimum Gasteiger partial charge on any atom is -0.545 e. The molecule has 0 radical (unpaired) electrons. The Labute approximate surface area is 177 Å². The summed E-state index contributed by atoms with van der Waals surface area (Å²) in [6.07, 6.45) is 5.21. The summed E-state index contributed by atoms with van der Waals surface area (Å²) in [5.41, 5.74) is 1.82. The van der Waals surface area contributed by atoms with Crippen molar-refractivity contribution >= 4 is 34.9 Å². The van der Waals surface area contributed by atoms with Crippen LogP contribution in [0.25, 0.3) is 22.9 Å². The third-order valence-corrected chi connectivity index (χ3v) is 2.78. The molecule has 2 aromatic rings. The number of hydrogen-bond donors (Lipinski definition) is 1. The zero-order valence-electron chi connectivity index (χ0n) is 12.9. The number of rotatable bonds is 4. The van der Waals surface area contributed by atoms with Crippen LogP contribution in [-0.2, 0) is 9.59 Å². The van der Waals surface area contributed by atoms with Gasteiger partial charge in [-0.3, -0.25) is 0 Å². The summed E-state index contributed by atoms with van der Waals surface area (Å²) in [7, 11) is 0. The minimum absolute atomic E-state index is 0. The quantitative estimate of drug-likeness (QED) is 0.604. The van der Waals surface area contributed by atoms with E-state index < -0.39 is 11.9 Å². The molecular weight excluding hydrogens is 319 g/mol. The monoisotopic (exact) mass is 334 g/mol. The Morgan fingerprint density at radius 1 is 1.09 bits per heavy atom. The number of benzene rings is 2. The number of carboxylic acid groups (broad SMARTS) is 2. The van der Waals surface area contributed by atoms with Gasteiger partial charge >= 0.3 is 57.4 Å². The molecule has 0 saturated carbocycles. The van der Waals surface area contributed by atoms with Crippen LogP contribution < -0.4 is 56.5 Å². The van der Waals surface area contributed by atoms with E-state index in [1.54, 1.807) is 12.2 Å². The van der Waals surface area contributed by atoms with Crippen molar-refractivity contribution in [3.63, 3.8) is 0 Å². The van der Waals surface area contributed by atoms with Crippen molar-refractivity contribution in [2.45, 2.75) is 0 Å². The Hall–Kier alpha value is -1.50. The molecule has 0 aliphatic rings. The van der Waals surface area contributed by atoms with E-state index in [2.05, 4.69) is 13.2 Å². The van der Waals surface area contributed by atoms with Crippen LogP contribution in [0.4, 0.5) is 0 Å². The predicted octanol–water partition coefficient (Wildman–Crippen LogP) is -0.493. The number of hydrogen-bond acceptors (Lipinski definition) is 3. The second-order valence-corrected chi connectivity index (χ2v) is 4.19. The molecule has 0 atom stereocenters. The molecule has 0 bridgehead atoms. The molecule has 1 N–H and O–H groups in total. The van der Waals surface area contributed by atoms with Crippen molar-refractivity contribution < 1.29 is 71.2 Å². The van der Waals surface area contributed by atoms with Gasteiger partial charge in [0.1, 0.15) is 0 Å². The van der Waals surface area contributed by atoms with Crippen LogP contribution >= 0.6 is 0 Å². The van der Waals surface area contributed by atoms with Crippen LogP contribution in [-0.4, -0.2) is 17.0 Å². The zero-order chi connectivity index (χ0) is 16.5. The van der Waals surface area contributed by atoms with Crippen LogP contribution in [0.3, 0.4) is 0 Å². The number of carbonyl (C=O) groups excluding carboxylic acids is 1. The summed E-state index contributed by atoms with van der Waals surface area (Å²) in [6, 6.07) is 11.8. The molecule has 0 fully saturated rings. The van der Waals surface area contributed by atoms with Crippen molar-refractivity contribution in [1.29, 1.82) is 0 Å². The average molecular weight is 334 g/mol. The van der Waals surface area contributed by atoms with E-state index in [1.807, 2.05) is 36.4 Å². The number of carboxylic acids is 2. The molecule has 0 aliphatic heterocycles. The van der Waals surface area contributed by atoms with Crippen molar-refractivity contribution in [3.8, 4) is 0 Å². The van der Waals surface area contributed by atoms with E-state index in [0.29, 0.717) is 0 Å². The third kappa shape index (κ3) is 7.07. The van der Waals surface area contributed by atoms with Crippen molar-refractivity contribution in [1.82, 2.24) is 0 Å². The molecule has 2 aromatic carbocycles. The van der Waals surface area contributed by atoms with E-state index in [-0.39, 0.29) is 51.4 Å². The van der Waals surface area contributed by atoms with Crippen molar-refractivity contribution in [3.05, 3.63) is 72.8 Å². The summed E-state index contributed by atoms with van der Waals surface area (Å²) in [4.78, 5) is 19.7. The largest absolute Gasteiger partial charge is 1.00 e. The average Bonchev–Trinajstić information content (AvgIpc) is 2.52. The fourth-order valence-electron chi connectivity index (χ4n) is 1.83. The fourth-order valence-corrected chi connectivity index (χ4v) is 1.83. The Morgan fingerprint density at radius 2 is 1.70 bits per heavy atom. The SMILES string of the molecule is C=CC(=O)[O-].C=Cc1ccc2ccccc2c1C=CC(=O)O.[K+]. The summed E-state index contributed by atoms with van der Waals surface area (Å²) >= 11 is 0. The van der Waals surface area contributed by atoms with Gasteiger partial charge in [-0.25, -0.2) is 4.79 Å². The molecule has 4 nitrogen and oxygen atoms in total. The van der Waals surface area contributed by atoms with Gasteiger partial charge in [-0.2, -0.15) is 0 Å². The van der Waals surface area contributed by atoms with Gasteiger partial charge in [0.25, 0.3) is 0 Å². The third-order valence-electron chi connectivity index (χ3n) is 2.78. The van der Waals surface area contributed by atoms with E-state index in [0.717, 1.165) is 34.1 Å². The molecule has 0 aliphatic carbocycles. The molecule has 0 heterocycles. The molecule has 0 aromatic heterocycles. The summed E-state index contributed by atoms with van der Waals surface area (Å²) < 4.78 is 0. The standard InChI is InChI=1S/C15H12O2.C3H4O2.K/c1-2-11-7-8-12-5-3-4-6-13(12)14(11)9-10-15(16)17;1-2-3(4)5;/h2-10H,1H2,(H,16,17);2H,1H2,(H,4,5);/q;;+1/p-1. The molecular formula is C18H15KO4. The van der Waals surface area contributed by atoms with Gasteiger partial charge in [0, 0.05) is 6.08 Å². The molecule has 112 valence electrons. The minimum atomic E-state index is -1.23. The second kappa shape index (κ2) is 11.1. The smallest absolute Gasteiger partial charge is 0.545 e. The summed E-state index contributed by atoms with van der Waals surface area (Å²) in [5.74, 6) is -2.18. The van der Waals surface area contributed by atoms with Gasteiger partial charge in [-0.1, -0.05) is 55.6 Å². The maximum Gasteiger partial charge on any atom is 1.00 e. The van der Waals surface area contributed by atoms with E-state index in [4.69, 9.17) is 15.0 Å². The number of aliphatic carboxylic acids is 2. The van der Waals surface area contributed by atoms with Gasteiger partial charge in [-0.15, -0.1) is 0 Å². The van der Waals surface area contributed by atoms with Crippen molar-refractivity contribution in [2.75, 3.05) is 0 Å². The Morgan fingerprint density at radius 3 is 2.22 bits per heavy atom. The van der Waals surface area contributed by atoms with Gasteiger partial charge in [-0.05, 0) is 34.1 Å². The van der Waals surface area contributed by atoms with Gasteiger partial charge < -0.3 is 15.0 Å². The zero-order valence-corrected chi connectivity index (χ0v) is 16.0. The van der Waals surface area contributed by atoms with E-state index in [9.17, 15) is 4.79 Å². The normalized spacial score (nSPS) is 9.39. The van der Waals surface area contributed by atoms with Gasteiger partial charge in [0.15, 0.2) is 0 Å². The molecule has 23 heavy (non-hydrogen) atoms. The predicted molar refractivity (Wildman–Crippen MR) is 85.9 cm³/mol. The Kier molecular flexibility index (Phi) is 10.4. The van der Waals surface area contributed by atoms with Crippen LogP contribution in [0.15, 0.2) is 61.7 Å². The molecule has 0 spiro atoms. The molecule has 0 unspecified atom stereocenters. The molecule has 2 rings (SSSR count). The summed E-state index contributed by atoms with van der Waals surface area (Å²) in [6.45, 7) is 6.64.